The number of halogens is 2. The smallest absolute Gasteiger partial charge is 0.236 e. The molecule has 1 aromatic rings. The van der Waals surface area contributed by atoms with Gasteiger partial charge in [-0.2, -0.15) is 0 Å². The lowest BCUT2D eigenvalue weighted by Crippen LogP contribution is -1.95. The summed E-state index contributed by atoms with van der Waals surface area (Å²) < 4.78 is 22.0. The normalized spacial score (nSPS) is 11.5. The largest absolute Gasteiger partial charge is 0.508 e. The number of phenolic OH excluding ortho intramolecular Hbond substituents is 1. The van der Waals surface area contributed by atoms with Crippen LogP contribution in [0.25, 0.3) is 0 Å². The lowest BCUT2D eigenvalue weighted by Gasteiger charge is -2.01. The van der Waals surface area contributed by atoms with Crippen LogP contribution in [0.15, 0.2) is 22.7 Å². The predicted molar refractivity (Wildman–Crippen MR) is 54.3 cm³/mol. The molecule has 0 saturated carbocycles. The van der Waals surface area contributed by atoms with Crippen molar-refractivity contribution in [3.63, 3.8) is 0 Å². The second-order valence-electron chi connectivity index (χ2n) is 2.46. The van der Waals surface area contributed by atoms with Gasteiger partial charge in [-0.25, -0.2) is 8.42 Å². The van der Waals surface area contributed by atoms with Gasteiger partial charge in [-0.05, 0) is 12.1 Å². The monoisotopic (exact) mass is 284 g/mol. The Morgan fingerprint density at radius 2 is 2.08 bits per heavy atom. The van der Waals surface area contributed by atoms with Crippen LogP contribution in [0, 0.1) is 0 Å². The highest BCUT2D eigenvalue weighted by molar-refractivity contribution is 9.10. The molecule has 0 bridgehead atoms. The third-order valence-electron chi connectivity index (χ3n) is 1.38. The fourth-order valence-corrected chi connectivity index (χ4v) is 2.16. The maximum atomic E-state index is 10.7. The molecule has 0 unspecified atom stereocenters. The van der Waals surface area contributed by atoms with Gasteiger partial charge in [0, 0.05) is 20.7 Å². The van der Waals surface area contributed by atoms with E-state index in [9.17, 15) is 13.5 Å². The van der Waals surface area contributed by atoms with Crippen molar-refractivity contribution >= 4 is 35.7 Å². The highest BCUT2D eigenvalue weighted by Crippen LogP contribution is 2.24. The van der Waals surface area contributed by atoms with E-state index in [2.05, 4.69) is 15.9 Å². The molecule has 1 N–H and O–H groups in total. The van der Waals surface area contributed by atoms with Crippen LogP contribution in [0.4, 0.5) is 0 Å². The van der Waals surface area contributed by atoms with Crippen LogP contribution in [0.3, 0.4) is 0 Å². The average Bonchev–Trinajstić information content (AvgIpc) is 1.93. The summed E-state index contributed by atoms with van der Waals surface area (Å²) in [6.45, 7) is 0. The van der Waals surface area contributed by atoms with Crippen LogP contribution in [0.2, 0.25) is 0 Å². The van der Waals surface area contributed by atoms with Gasteiger partial charge >= 0.3 is 0 Å². The lowest BCUT2D eigenvalue weighted by molar-refractivity contribution is 0.469. The van der Waals surface area contributed by atoms with E-state index >= 15 is 0 Å². The second kappa shape index (κ2) is 3.86. The van der Waals surface area contributed by atoms with Gasteiger partial charge in [0.05, 0.1) is 5.75 Å². The molecule has 0 saturated heterocycles. The molecule has 0 aliphatic carbocycles. The Hall–Kier alpha value is -0.260. The summed E-state index contributed by atoms with van der Waals surface area (Å²) in [5, 5.41) is 9.30. The van der Waals surface area contributed by atoms with Crippen molar-refractivity contribution in [3.8, 4) is 5.75 Å². The summed E-state index contributed by atoms with van der Waals surface area (Å²) in [7, 11) is 1.41. The summed E-state index contributed by atoms with van der Waals surface area (Å²) in [5.41, 5.74) is 0.290. The Morgan fingerprint density at radius 1 is 1.46 bits per heavy atom. The molecule has 0 spiro atoms. The Labute approximate surface area is 88.9 Å². The van der Waals surface area contributed by atoms with Crippen LogP contribution < -0.4 is 0 Å². The molecule has 0 aliphatic rings. The summed E-state index contributed by atoms with van der Waals surface area (Å²) >= 11 is 3.13. The maximum Gasteiger partial charge on any atom is 0.236 e. The van der Waals surface area contributed by atoms with Crippen LogP contribution in [0.5, 0.6) is 5.75 Å². The predicted octanol–water partition coefficient (Wildman–Crippen LogP) is 2.22. The molecule has 0 fully saturated rings. The van der Waals surface area contributed by atoms with Crippen molar-refractivity contribution in [1.82, 2.24) is 0 Å². The Balaban J connectivity index is 3.04. The number of hydrogen-bond acceptors (Lipinski definition) is 3. The van der Waals surface area contributed by atoms with E-state index in [-0.39, 0.29) is 11.5 Å². The van der Waals surface area contributed by atoms with E-state index in [1.54, 1.807) is 6.07 Å². The number of aromatic hydroxyl groups is 1. The van der Waals surface area contributed by atoms with E-state index in [1.807, 2.05) is 0 Å². The number of rotatable bonds is 2. The molecule has 0 atom stereocenters. The zero-order valence-corrected chi connectivity index (χ0v) is 9.53. The third kappa shape index (κ3) is 3.54. The van der Waals surface area contributed by atoms with E-state index in [4.69, 9.17) is 10.7 Å². The lowest BCUT2D eigenvalue weighted by atomic mass is 10.2. The summed E-state index contributed by atoms with van der Waals surface area (Å²) in [6, 6.07) is 4.55. The molecule has 3 nitrogen and oxygen atoms in total. The molecule has 0 heterocycles. The van der Waals surface area contributed by atoms with E-state index in [0.29, 0.717) is 10.0 Å². The van der Waals surface area contributed by atoms with Crippen LogP contribution in [0.1, 0.15) is 5.56 Å². The average molecular weight is 286 g/mol. The van der Waals surface area contributed by atoms with Gasteiger partial charge in [0.25, 0.3) is 0 Å². The molecule has 1 rings (SSSR count). The first-order valence-corrected chi connectivity index (χ1v) is 6.55. The van der Waals surface area contributed by atoms with Gasteiger partial charge in [0.2, 0.25) is 9.05 Å². The van der Waals surface area contributed by atoms with Crippen molar-refractivity contribution in [2.24, 2.45) is 0 Å². The molecule has 0 aromatic heterocycles. The van der Waals surface area contributed by atoms with Crippen LogP contribution in [-0.2, 0) is 14.8 Å². The van der Waals surface area contributed by atoms with Crippen molar-refractivity contribution < 1.29 is 13.5 Å². The highest BCUT2D eigenvalue weighted by atomic mass is 79.9. The number of hydrogen-bond donors (Lipinski definition) is 1. The Bertz CT molecular complexity index is 416. The van der Waals surface area contributed by atoms with E-state index < -0.39 is 9.05 Å². The van der Waals surface area contributed by atoms with Gasteiger partial charge < -0.3 is 5.11 Å². The van der Waals surface area contributed by atoms with E-state index in [0.717, 1.165) is 0 Å². The Morgan fingerprint density at radius 3 is 2.54 bits per heavy atom. The van der Waals surface area contributed by atoms with E-state index in [1.165, 1.54) is 12.1 Å². The van der Waals surface area contributed by atoms with Gasteiger partial charge in [0.15, 0.2) is 0 Å². The van der Waals surface area contributed by atoms with Crippen molar-refractivity contribution in [3.05, 3.63) is 28.2 Å². The molecule has 0 radical (unpaired) electrons. The summed E-state index contributed by atoms with van der Waals surface area (Å²) in [6.07, 6.45) is 0. The maximum absolute atomic E-state index is 10.7. The van der Waals surface area contributed by atoms with Crippen LogP contribution >= 0.6 is 26.6 Å². The van der Waals surface area contributed by atoms with Gasteiger partial charge in [-0.15, -0.1) is 0 Å². The first-order chi connectivity index (χ1) is 5.88. The third-order valence-corrected chi connectivity index (χ3v) is 2.85. The number of phenols is 1. The minimum Gasteiger partial charge on any atom is -0.508 e. The van der Waals surface area contributed by atoms with Crippen LogP contribution in [-0.4, -0.2) is 13.5 Å². The second-order valence-corrected chi connectivity index (χ2v) is 6.15. The molecule has 1 aromatic carbocycles. The topological polar surface area (TPSA) is 54.4 Å². The molecule has 0 amide bonds. The van der Waals surface area contributed by atoms with Gasteiger partial charge in [0.1, 0.15) is 5.75 Å². The van der Waals surface area contributed by atoms with Gasteiger partial charge in [-0.1, -0.05) is 22.0 Å². The van der Waals surface area contributed by atoms with Crippen molar-refractivity contribution in [1.29, 1.82) is 0 Å². The molecule has 6 heteroatoms. The summed E-state index contributed by atoms with van der Waals surface area (Å²) in [5.74, 6) is -0.452. The van der Waals surface area contributed by atoms with Gasteiger partial charge in [-0.3, -0.25) is 0 Å². The van der Waals surface area contributed by atoms with Crippen molar-refractivity contribution in [2.45, 2.75) is 5.75 Å². The zero-order chi connectivity index (χ0) is 10.1. The number of benzene rings is 1. The van der Waals surface area contributed by atoms with Crippen molar-refractivity contribution in [2.75, 3.05) is 0 Å². The first kappa shape index (κ1) is 10.8. The molecular weight excluding hydrogens is 279 g/mol. The zero-order valence-electron chi connectivity index (χ0n) is 6.37. The molecular formula is C7H6BrClO3S. The first-order valence-electron chi connectivity index (χ1n) is 3.28. The quantitative estimate of drug-likeness (QED) is 0.848. The molecule has 72 valence electrons. The fourth-order valence-electron chi connectivity index (χ4n) is 0.845. The SMILES string of the molecule is O=S(=O)(Cl)Cc1ccc(Br)cc1O. The minimum absolute atomic E-state index is 0.0846. The Kier molecular flexibility index (Phi) is 3.21. The summed E-state index contributed by atoms with van der Waals surface area (Å²) in [4.78, 5) is 0. The highest BCUT2D eigenvalue weighted by Gasteiger charge is 2.10. The minimum atomic E-state index is -3.62. The molecule has 0 aliphatic heterocycles. The molecule has 13 heavy (non-hydrogen) atoms. The fraction of sp³-hybridized carbons (Fsp3) is 0.143. The standard InChI is InChI=1S/C7H6BrClO3S/c8-6-2-1-5(7(10)3-6)4-13(9,11)12/h1-3,10H,4H2.